The van der Waals surface area contributed by atoms with Gasteiger partial charge in [0.2, 0.25) is 0 Å². The second-order valence-corrected chi connectivity index (χ2v) is 13.7. The lowest BCUT2D eigenvalue weighted by atomic mass is 10.00. The molecule has 0 radical (unpaired) electrons. The van der Waals surface area contributed by atoms with Gasteiger partial charge in [-0.25, -0.2) is 0 Å². The molecule has 0 heterocycles. The molecule has 0 aromatic carbocycles. The summed E-state index contributed by atoms with van der Waals surface area (Å²) in [5, 5.41) is 9.52. The van der Waals surface area contributed by atoms with Crippen LogP contribution in [-0.4, -0.2) is 36.4 Å². The highest BCUT2D eigenvalue weighted by Gasteiger charge is 2.16. The smallest absolute Gasteiger partial charge is 0.306 e. The fraction of sp³-hybridized carbons (Fsp3) is 0.947. The zero-order valence-corrected chi connectivity index (χ0v) is 29.3. The van der Waals surface area contributed by atoms with Crippen LogP contribution in [0.4, 0.5) is 0 Å². The van der Waals surface area contributed by atoms with Gasteiger partial charge < -0.3 is 14.6 Å². The van der Waals surface area contributed by atoms with Crippen LogP contribution in [0.15, 0.2) is 0 Å². The van der Waals surface area contributed by atoms with Crippen LogP contribution in [0.1, 0.15) is 201 Å². The molecule has 5 heteroatoms. The molecule has 2 atom stereocenters. The van der Waals surface area contributed by atoms with Gasteiger partial charge in [-0.05, 0) is 24.7 Å². The summed E-state index contributed by atoms with van der Waals surface area (Å²) in [5.41, 5.74) is 0. The van der Waals surface area contributed by atoms with E-state index in [2.05, 4.69) is 27.7 Å². The van der Waals surface area contributed by atoms with Crippen LogP contribution in [0.3, 0.4) is 0 Å². The van der Waals surface area contributed by atoms with E-state index in [1.165, 1.54) is 122 Å². The van der Waals surface area contributed by atoms with Crippen molar-refractivity contribution in [3.63, 3.8) is 0 Å². The molecule has 0 bridgehead atoms. The zero-order valence-electron chi connectivity index (χ0n) is 29.3. The molecule has 0 saturated carbocycles. The number of unbranched alkanes of at least 4 members (excludes halogenated alkanes) is 20. The molecular formula is C38H74O5. The van der Waals surface area contributed by atoms with E-state index >= 15 is 0 Å². The van der Waals surface area contributed by atoms with E-state index < -0.39 is 6.10 Å². The molecule has 1 unspecified atom stereocenters. The van der Waals surface area contributed by atoms with Crippen LogP contribution >= 0.6 is 0 Å². The Balaban J connectivity index is 3.50. The highest BCUT2D eigenvalue weighted by Crippen LogP contribution is 2.16. The lowest BCUT2D eigenvalue weighted by Gasteiger charge is -2.15. The summed E-state index contributed by atoms with van der Waals surface area (Å²) in [4.78, 5) is 24.1. The normalized spacial score (nSPS) is 12.9. The standard InChI is InChI=1S/C38H74O5/c1-5-35(4)29-25-21-18-19-22-26-30-37(40)42-33-36(32-39)43-38(41)31-27-23-17-15-13-11-9-7-6-8-10-12-14-16-20-24-28-34(2)3/h34-36,39H,5-33H2,1-4H3/t35?,36-/m0/s1. The number of ether oxygens (including phenoxy) is 2. The van der Waals surface area contributed by atoms with Gasteiger partial charge in [0.15, 0.2) is 6.10 Å². The molecule has 0 spiro atoms. The van der Waals surface area contributed by atoms with Crippen molar-refractivity contribution in [2.45, 2.75) is 207 Å². The molecule has 1 N–H and O–H groups in total. The lowest BCUT2D eigenvalue weighted by Crippen LogP contribution is -2.28. The molecule has 0 aromatic heterocycles. The Hall–Kier alpha value is -1.10. The van der Waals surface area contributed by atoms with Crippen molar-refractivity contribution in [1.29, 1.82) is 0 Å². The predicted octanol–water partition coefficient (Wildman–Crippen LogP) is 11.3. The van der Waals surface area contributed by atoms with Crippen molar-refractivity contribution in [1.82, 2.24) is 0 Å². The van der Waals surface area contributed by atoms with Gasteiger partial charge in [0.1, 0.15) is 6.61 Å². The molecule has 0 rings (SSSR count). The highest BCUT2D eigenvalue weighted by atomic mass is 16.6. The Morgan fingerprint density at radius 3 is 1.30 bits per heavy atom. The Morgan fingerprint density at radius 1 is 0.535 bits per heavy atom. The maximum atomic E-state index is 12.1. The second kappa shape index (κ2) is 32.3. The molecule has 0 saturated heterocycles. The van der Waals surface area contributed by atoms with Crippen LogP contribution in [0.5, 0.6) is 0 Å². The van der Waals surface area contributed by atoms with Crippen molar-refractivity contribution < 1.29 is 24.2 Å². The van der Waals surface area contributed by atoms with E-state index in [0.717, 1.165) is 50.4 Å². The minimum absolute atomic E-state index is 0.0603. The van der Waals surface area contributed by atoms with Gasteiger partial charge in [-0.3, -0.25) is 9.59 Å². The number of carbonyl (C=O) groups is 2. The summed E-state index contributed by atoms with van der Waals surface area (Å²) in [7, 11) is 0. The summed E-state index contributed by atoms with van der Waals surface area (Å²) < 4.78 is 10.6. The zero-order chi connectivity index (χ0) is 31.8. The molecule has 0 aromatic rings. The Labute approximate surface area is 268 Å². The van der Waals surface area contributed by atoms with Crippen molar-refractivity contribution in [3.05, 3.63) is 0 Å². The maximum absolute atomic E-state index is 12.1. The first-order chi connectivity index (χ1) is 20.9. The molecule has 256 valence electrons. The number of carbonyl (C=O) groups excluding carboxylic acids is 2. The first-order valence-electron chi connectivity index (χ1n) is 18.8. The predicted molar refractivity (Wildman–Crippen MR) is 182 cm³/mol. The summed E-state index contributed by atoms with van der Waals surface area (Å²) in [6, 6.07) is 0. The van der Waals surface area contributed by atoms with E-state index in [-0.39, 0.29) is 25.2 Å². The van der Waals surface area contributed by atoms with Gasteiger partial charge in [-0.15, -0.1) is 0 Å². The van der Waals surface area contributed by atoms with E-state index in [1.54, 1.807) is 0 Å². The molecule has 0 aliphatic rings. The second-order valence-electron chi connectivity index (χ2n) is 13.7. The van der Waals surface area contributed by atoms with Crippen molar-refractivity contribution in [2.24, 2.45) is 11.8 Å². The van der Waals surface area contributed by atoms with Crippen molar-refractivity contribution in [2.75, 3.05) is 13.2 Å². The third kappa shape index (κ3) is 32.1. The number of aliphatic hydroxyl groups is 1. The average Bonchev–Trinajstić information content (AvgIpc) is 2.99. The Morgan fingerprint density at radius 2 is 0.907 bits per heavy atom. The summed E-state index contributed by atoms with van der Waals surface area (Å²) in [6.45, 7) is 8.82. The number of esters is 2. The third-order valence-corrected chi connectivity index (χ3v) is 8.87. The highest BCUT2D eigenvalue weighted by molar-refractivity contribution is 5.70. The van der Waals surface area contributed by atoms with Crippen molar-refractivity contribution in [3.8, 4) is 0 Å². The Bertz CT molecular complexity index is 605. The number of rotatable bonds is 33. The van der Waals surface area contributed by atoms with Crippen LogP contribution in [0.2, 0.25) is 0 Å². The van der Waals surface area contributed by atoms with Gasteiger partial charge in [0, 0.05) is 12.8 Å². The first kappa shape index (κ1) is 41.9. The molecular weight excluding hydrogens is 536 g/mol. The first-order valence-corrected chi connectivity index (χ1v) is 18.8. The van der Waals surface area contributed by atoms with Crippen LogP contribution in [-0.2, 0) is 19.1 Å². The quantitative estimate of drug-likeness (QED) is 0.0591. The maximum Gasteiger partial charge on any atom is 0.306 e. The van der Waals surface area contributed by atoms with Gasteiger partial charge in [0.05, 0.1) is 6.61 Å². The monoisotopic (exact) mass is 611 g/mol. The molecule has 0 fully saturated rings. The van der Waals surface area contributed by atoms with Crippen LogP contribution in [0.25, 0.3) is 0 Å². The summed E-state index contributed by atoms with van der Waals surface area (Å²) in [6.07, 6.45) is 31.7. The fourth-order valence-electron chi connectivity index (χ4n) is 5.60. The van der Waals surface area contributed by atoms with Gasteiger partial charge in [-0.2, -0.15) is 0 Å². The average molecular weight is 611 g/mol. The molecule has 5 nitrogen and oxygen atoms in total. The largest absolute Gasteiger partial charge is 0.462 e. The van der Waals surface area contributed by atoms with Gasteiger partial charge >= 0.3 is 11.9 Å². The number of hydrogen-bond acceptors (Lipinski definition) is 5. The van der Waals surface area contributed by atoms with E-state index in [0.29, 0.717) is 12.8 Å². The van der Waals surface area contributed by atoms with E-state index in [4.69, 9.17) is 9.47 Å². The number of aliphatic hydroxyl groups excluding tert-OH is 1. The van der Waals surface area contributed by atoms with Crippen LogP contribution < -0.4 is 0 Å². The Kier molecular flexibility index (Phi) is 31.5. The topological polar surface area (TPSA) is 72.8 Å². The van der Waals surface area contributed by atoms with Gasteiger partial charge in [-0.1, -0.05) is 175 Å². The molecule has 43 heavy (non-hydrogen) atoms. The minimum Gasteiger partial charge on any atom is -0.462 e. The lowest BCUT2D eigenvalue weighted by molar-refractivity contribution is -0.161. The van der Waals surface area contributed by atoms with Crippen LogP contribution in [0, 0.1) is 11.8 Å². The summed E-state index contributed by atoms with van der Waals surface area (Å²) >= 11 is 0. The minimum atomic E-state index is -0.762. The third-order valence-electron chi connectivity index (χ3n) is 8.87. The molecule has 0 aliphatic carbocycles. The van der Waals surface area contributed by atoms with Crippen molar-refractivity contribution >= 4 is 11.9 Å². The van der Waals surface area contributed by atoms with Gasteiger partial charge in [0.25, 0.3) is 0 Å². The SMILES string of the molecule is CCC(C)CCCCCCCCC(=O)OC[C@H](CO)OC(=O)CCCCCCCCCCCCCCCCCCC(C)C. The van der Waals surface area contributed by atoms with E-state index in [9.17, 15) is 14.7 Å². The fourth-order valence-corrected chi connectivity index (χ4v) is 5.60. The van der Waals surface area contributed by atoms with E-state index in [1.807, 2.05) is 0 Å². The summed E-state index contributed by atoms with van der Waals surface area (Å²) in [5.74, 6) is 1.10. The molecule has 0 aliphatic heterocycles. The molecule has 0 amide bonds. The number of hydrogen-bond donors (Lipinski definition) is 1.